The van der Waals surface area contributed by atoms with Gasteiger partial charge in [-0.25, -0.2) is 9.78 Å². The highest BCUT2D eigenvalue weighted by Crippen LogP contribution is 2.46. The number of amides is 2. The number of aryl methyl sites for hydroxylation is 1. The molecule has 1 saturated carbocycles. The van der Waals surface area contributed by atoms with E-state index in [1.54, 1.807) is 18.2 Å². The largest absolute Gasteiger partial charge is 0.507 e. The van der Waals surface area contributed by atoms with Crippen molar-refractivity contribution in [1.29, 1.82) is 0 Å². The van der Waals surface area contributed by atoms with Crippen LogP contribution in [-0.4, -0.2) is 79.1 Å². The first-order valence-electron chi connectivity index (χ1n) is 16.2. The van der Waals surface area contributed by atoms with Gasteiger partial charge >= 0.3 is 5.63 Å². The molecule has 0 atom stereocenters. The Kier molecular flexibility index (Phi) is 13.0. The molecule has 3 aromatic rings. The van der Waals surface area contributed by atoms with E-state index >= 15 is 0 Å². The fourth-order valence-electron chi connectivity index (χ4n) is 5.39. The molecule has 0 bridgehead atoms. The second-order valence-electron chi connectivity index (χ2n) is 12.2. The van der Waals surface area contributed by atoms with Crippen LogP contribution in [0.4, 0.5) is 5.69 Å². The molecule has 2 amide bonds. The molecule has 268 valence electrons. The summed E-state index contributed by atoms with van der Waals surface area (Å²) in [6, 6.07) is 6.55. The number of unbranched alkanes of at least 4 members (excludes halogenated alkanes) is 3. The first kappa shape index (κ1) is 37.6. The third-order valence-electron chi connectivity index (χ3n) is 8.18. The quantitative estimate of drug-likeness (QED) is 0.0841. The molecule has 1 aliphatic carbocycles. The number of carbonyl (C=O) groups excluding carboxylic acids is 2. The fourth-order valence-corrected chi connectivity index (χ4v) is 6.89. The second-order valence-corrected chi connectivity index (χ2v) is 15.3. The van der Waals surface area contributed by atoms with Crippen LogP contribution in [0.2, 0.25) is 0 Å². The number of nitrogens with one attached hydrogen (secondary N) is 3. The molecule has 4 rings (SSSR count). The SMILES string of the molecule is CN(CCS(=O)(=O)O)C(=O)CCCCCCC(=O)NCCCc1cc(O)c(Cc2cccc(NS(=O)(=O)c3ncc[nH]3)c2C2CC2)c(=O)o1. The summed E-state index contributed by atoms with van der Waals surface area (Å²) < 4.78 is 64.1. The molecule has 0 spiro atoms. The summed E-state index contributed by atoms with van der Waals surface area (Å²) in [6.45, 7) is 0.275. The number of hydrogen-bond acceptors (Lipinski definition) is 10. The van der Waals surface area contributed by atoms with Crippen molar-refractivity contribution >= 4 is 37.6 Å². The van der Waals surface area contributed by atoms with E-state index in [9.17, 15) is 36.3 Å². The van der Waals surface area contributed by atoms with E-state index in [0.717, 1.165) is 31.2 Å². The van der Waals surface area contributed by atoms with E-state index in [0.29, 0.717) is 49.9 Å². The Morgan fingerprint density at radius 1 is 1.08 bits per heavy atom. The summed E-state index contributed by atoms with van der Waals surface area (Å²) >= 11 is 0. The number of rotatable bonds is 20. The molecule has 1 aromatic carbocycles. The number of imidazole rings is 1. The third kappa shape index (κ3) is 11.7. The van der Waals surface area contributed by atoms with Crippen molar-refractivity contribution in [2.75, 3.05) is 30.6 Å². The number of aromatic amines is 1. The number of sulfonamides is 1. The molecular weight excluding hydrogens is 679 g/mol. The van der Waals surface area contributed by atoms with Gasteiger partial charge in [0, 0.05) is 64.3 Å². The van der Waals surface area contributed by atoms with E-state index in [4.69, 9.17) is 8.97 Å². The maximum absolute atomic E-state index is 12.9. The minimum Gasteiger partial charge on any atom is -0.507 e. The van der Waals surface area contributed by atoms with Crippen molar-refractivity contribution in [3.63, 3.8) is 0 Å². The van der Waals surface area contributed by atoms with Crippen LogP contribution in [0.25, 0.3) is 0 Å². The molecule has 15 nitrogen and oxygen atoms in total. The van der Waals surface area contributed by atoms with Crippen LogP contribution in [0.1, 0.15) is 86.2 Å². The normalized spacial score (nSPS) is 13.3. The lowest BCUT2D eigenvalue weighted by molar-refractivity contribution is -0.129. The summed E-state index contributed by atoms with van der Waals surface area (Å²) in [5.74, 6) is -0.656. The Hall–Kier alpha value is -4.22. The van der Waals surface area contributed by atoms with Gasteiger partial charge in [-0.05, 0) is 55.2 Å². The Balaban J connectivity index is 1.20. The van der Waals surface area contributed by atoms with Crippen LogP contribution in [0, 0.1) is 0 Å². The molecule has 0 saturated heterocycles. The summed E-state index contributed by atoms with van der Waals surface area (Å²) in [4.78, 5) is 44.8. The van der Waals surface area contributed by atoms with Crippen molar-refractivity contribution in [1.82, 2.24) is 20.2 Å². The lowest BCUT2D eigenvalue weighted by Gasteiger charge is -2.16. The maximum Gasteiger partial charge on any atom is 0.343 e. The average Bonchev–Trinajstić information content (AvgIpc) is 3.70. The molecular formula is C32H43N5O10S2. The van der Waals surface area contributed by atoms with E-state index in [-0.39, 0.29) is 59.3 Å². The Morgan fingerprint density at radius 2 is 1.82 bits per heavy atom. The second kappa shape index (κ2) is 16.9. The predicted octanol–water partition coefficient (Wildman–Crippen LogP) is 3.07. The standard InChI is InChI=1S/C32H43N5O10S2/c1-37(18-19-48(42,43)44)29(40)12-5-3-2-4-11-28(39)33-15-7-9-24-21-27(38)25(31(41)47-24)20-23-8-6-10-26(30(23)22-13-14-22)36-49(45,46)32-34-16-17-35-32/h6,8,10,16-17,21-22,36,38H,2-5,7,9,11-15,18-20H2,1H3,(H,33,39)(H,34,35)(H,42,43,44). The molecule has 49 heavy (non-hydrogen) atoms. The monoisotopic (exact) mass is 721 g/mol. The van der Waals surface area contributed by atoms with Crippen LogP contribution in [-0.2, 0) is 42.6 Å². The zero-order valence-electron chi connectivity index (χ0n) is 27.3. The highest BCUT2D eigenvalue weighted by molar-refractivity contribution is 7.92. The van der Waals surface area contributed by atoms with Crippen LogP contribution >= 0.6 is 0 Å². The smallest absolute Gasteiger partial charge is 0.343 e. The summed E-state index contributed by atoms with van der Waals surface area (Å²) in [7, 11) is -6.58. The van der Waals surface area contributed by atoms with Gasteiger partial charge in [-0.3, -0.25) is 18.9 Å². The zero-order chi connectivity index (χ0) is 35.6. The Labute approximate surface area is 285 Å². The molecule has 0 unspecified atom stereocenters. The minimum absolute atomic E-state index is 0.0526. The van der Waals surface area contributed by atoms with Gasteiger partial charge in [-0.15, -0.1) is 0 Å². The van der Waals surface area contributed by atoms with E-state index in [1.165, 1.54) is 30.4 Å². The molecule has 2 aromatic heterocycles. The van der Waals surface area contributed by atoms with Gasteiger partial charge in [0.2, 0.25) is 17.0 Å². The van der Waals surface area contributed by atoms with Gasteiger partial charge in [-0.1, -0.05) is 25.0 Å². The number of carbonyl (C=O) groups is 2. The van der Waals surface area contributed by atoms with Crippen LogP contribution in [0.5, 0.6) is 5.75 Å². The molecule has 1 fully saturated rings. The molecule has 1 aliphatic rings. The number of benzene rings is 1. The summed E-state index contributed by atoms with van der Waals surface area (Å²) in [6.07, 6.45) is 8.66. The highest BCUT2D eigenvalue weighted by atomic mass is 32.2. The lowest BCUT2D eigenvalue weighted by Crippen LogP contribution is -2.31. The fraction of sp³-hybridized carbons (Fsp3) is 0.500. The molecule has 2 heterocycles. The lowest BCUT2D eigenvalue weighted by atomic mass is 9.95. The number of H-pyrrole nitrogens is 1. The van der Waals surface area contributed by atoms with Gasteiger partial charge in [0.25, 0.3) is 20.1 Å². The predicted molar refractivity (Wildman–Crippen MR) is 180 cm³/mol. The number of hydrogen-bond donors (Lipinski definition) is 5. The van der Waals surface area contributed by atoms with Crippen molar-refractivity contribution < 1.29 is 40.5 Å². The average molecular weight is 722 g/mol. The van der Waals surface area contributed by atoms with Gasteiger partial charge in [0.1, 0.15) is 11.5 Å². The van der Waals surface area contributed by atoms with E-state index in [1.807, 2.05) is 0 Å². The number of aromatic nitrogens is 2. The van der Waals surface area contributed by atoms with Gasteiger partial charge in [-0.2, -0.15) is 16.8 Å². The van der Waals surface area contributed by atoms with Crippen molar-refractivity contribution in [2.45, 2.75) is 81.7 Å². The van der Waals surface area contributed by atoms with Gasteiger partial charge < -0.3 is 24.7 Å². The topological polar surface area (TPSA) is 229 Å². The molecule has 0 radical (unpaired) electrons. The molecule has 0 aliphatic heterocycles. The van der Waals surface area contributed by atoms with Crippen molar-refractivity contribution in [3.05, 3.63) is 69.5 Å². The van der Waals surface area contributed by atoms with E-state index in [2.05, 4.69) is 20.0 Å². The Morgan fingerprint density at radius 3 is 2.47 bits per heavy atom. The number of aromatic hydroxyl groups is 1. The zero-order valence-corrected chi connectivity index (χ0v) is 28.9. The van der Waals surface area contributed by atoms with Crippen molar-refractivity contribution in [2.24, 2.45) is 0 Å². The highest BCUT2D eigenvalue weighted by Gasteiger charge is 2.31. The first-order chi connectivity index (χ1) is 23.2. The molecule has 5 N–H and O–H groups in total. The molecule has 17 heteroatoms. The van der Waals surface area contributed by atoms with Crippen LogP contribution in [0.15, 0.2) is 51.0 Å². The van der Waals surface area contributed by atoms with E-state index < -0.39 is 31.5 Å². The number of nitrogens with zero attached hydrogens (tertiary/aromatic N) is 2. The maximum atomic E-state index is 12.9. The van der Waals surface area contributed by atoms with Gasteiger partial charge in [0.05, 0.1) is 17.0 Å². The van der Waals surface area contributed by atoms with Crippen LogP contribution < -0.4 is 15.7 Å². The summed E-state index contributed by atoms with van der Waals surface area (Å²) in [5.41, 5.74) is 1.25. The van der Waals surface area contributed by atoms with Gasteiger partial charge in [0.15, 0.2) is 0 Å². The Bertz CT molecular complexity index is 1870. The minimum atomic E-state index is -4.12. The van der Waals surface area contributed by atoms with Crippen molar-refractivity contribution in [3.8, 4) is 5.75 Å². The van der Waals surface area contributed by atoms with Crippen LogP contribution in [0.3, 0.4) is 0 Å². The third-order valence-corrected chi connectivity index (χ3v) is 10.1. The summed E-state index contributed by atoms with van der Waals surface area (Å²) in [5, 5.41) is 13.4. The number of anilines is 1. The first-order valence-corrected chi connectivity index (χ1v) is 19.3.